The normalized spacial score (nSPS) is 30.6. The Morgan fingerprint density at radius 3 is 2.15 bits per heavy atom. The smallest absolute Gasteiger partial charge is 0.272 e. The van der Waals surface area contributed by atoms with Crippen LogP contribution in [0.25, 0.3) is 0 Å². The molecule has 3 N–H and O–H groups in total. The second-order valence-corrected chi connectivity index (χ2v) is 8.36. The molecule has 1 aromatic rings. The second-order valence-electron chi connectivity index (χ2n) is 8.36. The predicted molar refractivity (Wildman–Crippen MR) is 95.6 cm³/mol. The number of carbonyl (C=O) groups excluding carboxylic acids is 3. The molecule has 144 valence electrons. The third kappa shape index (κ3) is 3.55. The lowest BCUT2D eigenvalue weighted by molar-refractivity contribution is -0.147. The lowest BCUT2D eigenvalue weighted by atomic mass is 9.49. The van der Waals surface area contributed by atoms with Crippen LogP contribution in [0, 0.1) is 29.0 Å². The van der Waals surface area contributed by atoms with Gasteiger partial charge in [-0.15, -0.1) is 0 Å². The molecule has 3 amide bonds. The second kappa shape index (κ2) is 6.94. The minimum atomic E-state index is -0.742. The Bertz CT molecular complexity index is 744. The van der Waals surface area contributed by atoms with Crippen molar-refractivity contribution < 1.29 is 18.8 Å². The quantitative estimate of drug-likeness (QED) is 0.705. The number of hydrazine groups is 1. The Labute approximate surface area is 157 Å². The number of hydrogen-bond acceptors (Lipinski definition) is 3. The summed E-state index contributed by atoms with van der Waals surface area (Å²) < 4.78 is 13.5. The number of halogens is 1. The molecule has 4 saturated carbocycles. The van der Waals surface area contributed by atoms with Gasteiger partial charge in [-0.3, -0.25) is 25.2 Å². The number of benzene rings is 1. The van der Waals surface area contributed by atoms with Gasteiger partial charge in [-0.25, -0.2) is 4.39 Å². The van der Waals surface area contributed by atoms with Gasteiger partial charge in [0.2, 0.25) is 5.91 Å². The van der Waals surface area contributed by atoms with Gasteiger partial charge in [0.25, 0.3) is 11.8 Å². The fraction of sp³-hybridized carbons (Fsp3) is 0.550. The van der Waals surface area contributed by atoms with E-state index in [0.717, 1.165) is 19.3 Å². The molecule has 4 fully saturated rings. The molecule has 0 radical (unpaired) electrons. The summed E-state index contributed by atoms with van der Waals surface area (Å²) in [6, 6.07) is 5.50. The summed E-state index contributed by atoms with van der Waals surface area (Å²) in [4.78, 5) is 36.6. The average Bonchev–Trinajstić information content (AvgIpc) is 2.63. The first-order valence-corrected chi connectivity index (χ1v) is 9.57. The third-order valence-electron chi connectivity index (χ3n) is 6.36. The van der Waals surface area contributed by atoms with Crippen LogP contribution in [0.4, 0.5) is 4.39 Å². The number of nitrogens with one attached hydrogen (secondary N) is 3. The molecule has 4 bridgehead atoms. The van der Waals surface area contributed by atoms with Crippen molar-refractivity contribution in [3.63, 3.8) is 0 Å². The Morgan fingerprint density at radius 2 is 1.56 bits per heavy atom. The molecule has 5 rings (SSSR count). The summed E-state index contributed by atoms with van der Waals surface area (Å²) in [6.45, 7) is -0.210. The zero-order valence-corrected chi connectivity index (χ0v) is 15.1. The maximum Gasteiger partial charge on any atom is 0.272 e. The van der Waals surface area contributed by atoms with Crippen LogP contribution in [0.3, 0.4) is 0 Å². The highest BCUT2D eigenvalue weighted by atomic mass is 19.1. The molecule has 7 heteroatoms. The van der Waals surface area contributed by atoms with Gasteiger partial charge in [0, 0.05) is 5.41 Å². The van der Waals surface area contributed by atoms with E-state index in [2.05, 4.69) is 16.2 Å². The van der Waals surface area contributed by atoms with Gasteiger partial charge in [-0.1, -0.05) is 12.1 Å². The molecule has 0 aliphatic heterocycles. The molecule has 1 aromatic carbocycles. The van der Waals surface area contributed by atoms with Gasteiger partial charge in [-0.2, -0.15) is 0 Å². The lowest BCUT2D eigenvalue weighted by Crippen LogP contribution is -2.55. The van der Waals surface area contributed by atoms with E-state index in [4.69, 9.17) is 0 Å². The largest absolute Gasteiger partial charge is 0.346 e. The minimum absolute atomic E-state index is 0.0443. The van der Waals surface area contributed by atoms with E-state index >= 15 is 0 Å². The molecule has 4 aliphatic carbocycles. The Balaban J connectivity index is 1.27. The molecule has 0 aromatic heterocycles. The average molecular weight is 373 g/mol. The Morgan fingerprint density at radius 1 is 0.963 bits per heavy atom. The predicted octanol–water partition coefficient (Wildman–Crippen LogP) is 1.92. The standard InChI is InChI=1S/C20H24FN3O3/c21-16-4-2-1-3-15(16)18(26)24-23-17(25)11-22-19(27)20-8-12-5-13(9-20)7-14(6-12)10-20/h1-4,12-14H,5-11H2,(H,22,27)(H,23,25)(H,24,26). The van der Waals surface area contributed by atoms with Gasteiger partial charge in [0.15, 0.2) is 0 Å². The zero-order chi connectivity index (χ0) is 19.0. The van der Waals surface area contributed by atoms with Crippen molar-refractivity contribution in [1.29, 1.82) is 0 Å². The van der Waals surface area contributed by atoms with Gasteiger partial charge in [0.05, 0.1) is 12.1 Å². The van der Waals surface area contributed by atoms with E-state index in [9.17, 15) is 18.8 Å². The van der Waals surface area contributed by atoms with E-state index in [1.54, 1.807) is 0 Å². The highest BCUT2D eigenvalue weighted by molar-refractivity contribution is 5.96. The molecular weight excluding hydrogens is 349 g/mol. The Hall–Kier alpha value is -2.44. The molecule has 0 atom stereocenters. The van der Waals surface area contributed by atoms with Gasteiger partial charge >= 0.3 is 0 Å². The van der Waals surface area contributed by atoms with Gasteiger partial charge < -0.3 is 5.32 Å². The van der Waals surface area contributed by atoms with Crippen LogP contribution >= 0.6 is 0 Å². The summed E-state index contributed by atoms with van der Waals surface area (Å²) in [5.74, 6) is -0.0502. The summed E-state index contributed by atoms with van der Waals surface area (Å²) in [5.41, 5.74) is 3.92. The van der Waals surface area contributed by atoms with E-state index < -0.39 is 17.6 Å². The number of carbonyl (C=O) groups is 3. The van der Waals surface area contributed by atoms with Crippen molar-refractivity contribution >= 4 is 17.7 Å². The van der Waals surface area contributed by atoms with E-state index in [1.807, 2.05) is 0 Å². The van der Waals surface area contributed by atoms with Crippen molar-refractivity contribution in [3.8, 4) is 0 Å². The van der Waals surface area contributed by atoms with Crippen LogP contribution in [0.5, 0.6) is 0 Å². The number of rotatable bonds is 4. The first-order valence-electron chi connectivity index (χ1n) is 9.57. The van der Waals surface area contributed by atoms with Crippen LogP contribution in [0.1, 0.15) is 48.9 Å². The van der Waals surface area contributed by atoms with E-state index in [1.165, 1.54) is 43.5 Å². The molecule has 0 unspecified atom stereocenters. The van der Waals surface area contributed by atoms with Crippen molar-refractivity contribution in [1.82, 2.24) is 16.2 Å². The van der Waals surface area contributed by atoms with Crippen molar-refractivity contribution in [2.45, 2.75) is 38.5 Å². The van der Waals surface area contributed by atoms with Crippen molar-refractivity contribution in [2.75, 3.05) is 6.54 Å². The Kier molecular flexibility index (Phi) is 4.61. The van der Waals surface area contributed by atoms with Crippen molar-refractivity contribution in [3.05, 3.63) is 35.6 Å². The fourth-order valence-corrected chi connectivity index (χ4v) is 5.62. The van der Waals surface area contributed by atoms with Crippen LogP contribution in [0.15, 0.2) is 24.3 Å². The summed E-state index contributed by atoms with van der Waals surface area (Å²) in [7, 11) is 0. The van der Waals surface area contributed by atoms with Crippen LogP contribution < -0.4 is 16.2 Å². The van der Waals surface area contributed by atoms with Crippen molar-refractivity contribution in [2.24, 2.45) is 23.2 Å². The van der Waals surface area contributed by atoms with E-state index in [0.29, 0.717) is 17.8 Å². The third-order valence-corrected chi connectivity index (χ3v) is 6.36. The first-order chi connectivity index (χ1) is 12.9. The fourth-order valence-electron chi connectivity index (χ4n) is 5.62. The highest BCUT2D eigenvalue weighted by Crippen LogP contribution is 2.60. The molecule has 0 spiro atoms. The van der Waals surface area contributed by atoms with E-state index in [-0.39, 0.29) is 23.4 Å². The maximum absolute atomic E-state index is 13.5. The molecule has 4 aliphatic rings. The number of amides is 3. The van der Waals surface area contributed by atoms with Crippen LogP contribution in [0.2, 0.25) is 0 Å². The zero-order valence-electron chi connectivity index (χ0n) is 15.1. The lowest BCUT2D eigenvalue weighted by Gasteiger charge is -2.55. The van der Waals surface area contributed by atoms with Gasteiger partial charge in [-0.05, 0) is 68.4 Å². The molecule has 27 heavy (non-hydrogen) atoms. The van der Waals surface area contributed by atoms with Gasteiger partial charge in [0.1, 0.15) is 5.82 Å². The minimum Gasteiger partial charge on any atom is -0.346 e. The summed E-state index contributed by atoms with van der Waals surface area (Å²) in [6.07, 6.45) is 6.52. The topological polar surface area (TPSA) is 87.3 Å². The summed E-state index contributed by atoms with van der Waals surface area (Å²) >= 11 is 0. The first kappa shape index (κ1) is 17.9. The monoisotopic (exact) mass is 373 g/mol. The molecule has 0 heterocycles. The SMILES string of the molecule is O=C(CNC(=O)C12CC3CC(CC(C3)C1)C2)NNC(=O)c1ccccc1F. The molecular formula is C20H24FN3O3. The van der Waals surface area contributed by atoms with Crippen LogP contribution in [-0.4, -0.2) is 24.3 Å². The summed E-state index contributed by atoms with van der Waals surface area (Å²) in [5, 5.41) is 2.74. The molecule has 6 nitrogen and oxygen atoms in total. The molecule has 0 saturated heterocycles. The van der Waals surface area contributed by atoms with Crippen LogP contribution in [-0.2, 0) is 9.59 Å². The highest BCUT2D eigenvalue weighted by Gasteiger charge is 2.54. The maximum atomic E-state index is 13.5. The number of hydrogen-bond donors (Lipinski definition) is 3.